The Labute approximate surface area is 405 Å². The van der Waals surface area contributed by atoms with Crippen molar-refractivity contribution in [2.45, 2.75) is 78.9 Å². The lowest BCUT2D eigenvalue weighted by atomic mass is 9.76. The van der Waals surface area contributed by atoms with Gasteiger partial charge in [0.1, 0.15) is 11.8 Å². The Morgan fingerprint density at radius 3 is 1.87 bits per heavy atom. The number of benzene rings is 4. The van der Waals surface area contributed by atoms with Crippen LogP contribution >= 0.6 is 0 Å². The van der Waals surface area contributed by atoms with Crippen LogP contribution in [0, 0.1) is 17.8 Å². The summed E-state index contributed by atoms with van der Waals surface area (Å²) in [5.74, 6) is 2.52. The first-order valence-electron chi connectivity index (χ1n) is 22.8. The van der Waals surface area contributed by atoms with Crippen LogP contribution in [-0.2, 0) is 14.4 Å². The molecule has 3 amide bonds. The number of rotatable bonds is 23. The highest BCUT2D eigenvalue weighted by molar-refractivity contribution is 5.95. The number of nitrogens with zero attached hydrogens (tertiary/aromatic N) is 4. The van der Waals surface area contributed by atoms with Crippen LogP contribution in [0.2, 0.25) is 0 Å². The molecule has 0 radical (unpaired) electrons. The average molecular weight is 941 g/mol. The molecule has 4 aromatic rings. The van der Waals surface area contributed by atoms with Crippen LogP contribution in [0.5, 0.6) is 28.7 Å². The summed E-state index contributed by atoms with van der Waals surface area (Å²) in [4.78, 5) is 60.7. The molecule has 0 aliphatic carbocycles. The minimum atomic E-state index is -0.654. The summed E-state index contributed by atoms with van der Waals surface area (Å²) in [6, 6.07) is 21.5. The number of anilines is 1. The molecular weight excluding hydrogens is 877 g/mol. The van der Waals surface area contributed by atoms with Gasteiger partial charge in [0.25, 0.3) is 0 Å². The lowest BCUT2D eigenvalue weighted by Crippen LogP contribution is -2.37. The van der Waals surface area contributed by atoms with E-state index in [-0.39, 0.29) is 28.8 Å². The third-order valence-corrected chi connectivity index (χ3v) is 12.1. The third-order valence-electron chi connectivity index (χ3n) is 12.1. The van der Waals surface area contributed by atoms with E-state index in [0.717, 1.165) is 52.7 Å². The molecule has 3 atom stereocenters. The van der Waals surface area contributed by atoms with E-state index < -0.39 is 6.04 Å². The zero-order valence-corrected chi connectivity index (χ0v) is 41.2. The predicted molar refractivity (Wildman–Crippen MR) is 271 cm³/mol. The molecule has 0 saturated heterocycles. The van der Waals surface area contributed by atoms with Crippen molar-refractivity contribution in [3.63, 3.8) is 0 Å². The molecule has 0 spiro atoms. The van der Waals surface area contributed by atoms with Crippen molar-refractivity contribution >= 4 is 65.7 Å². The molecule has 2 aliphatic rings. The molecule has 0 bridgehead atoms. The molecule has 0 saturated carbocycles. The Morgan fingerprint density at radius 2 is 1.29 bits per heavy atom. The minimum Gasteiger partial charge on any atom is -0.497 e. The second-order valence-corrected chi connectivity index (χ2v) is 19.0. The van der Waals surface area contributed by atoms with Gasteiger partial charge in [0.2, 0.25) is 18.7 Å². The SMILES string of the molecule is COc1ccc(C2=CN(C=O)C(C=Nc3cc(OCC(C)(C)CC(C)(C)COc4cc(N=CC5CC(c6ccc(NC(=O)C(C)NC=O)cc6)=CN5C)c(C=O)cc4OC)c(OC)cc3C)C2)cc1. The van der Waals surface area contributed by atoms with Crippen LogP contribution in [0.1, 0.15) is 80.9 Å². The highest BCUT2D eigenvalue weighted by Crippen LogP contribution is 2.41. The van der Waals surface area contributed by atoms with Gasteiger partial charge in [-0.15, -0.1) is 0 Å². The van der Waals surface area contributed by atoms with Gasteiger partial charge in [-0.2, -0.15) is 0 Å². The van der Waals surface area contributed by atoms with E-state index in [1.165, 1.54) is 0 Å². The van der Waals surface area contributed by atoms with Gasteiger partial charge in [0, 0.05) is 61.7 Å². The fourth-order valence-electron chi connectivity index (χ4n) is 8.59. The van der Waals surface area contributed by atoms with Gasteiger partial charge >= 0.3 is 0 Å². The summed E-state index contributed by atoms with van der Waals surface area (Å²) in [7, 11) is 6.76. The lowest BCUT2D eigenvalue weighted by Gasteiger charge is -2.35. The number of nitrogens with one attached hydrogen (secondary N) is 2. The first-order valence-corrected chi connectivity index (χ1v) is 22.8. The predicted octanol–water partition coefficient (Wildman–Crippen LogP) is 9.23. The zero-order chi connectivity index (χ0) is 49.9. The summed E-state index contributed by atoms with van der Waals surface area (Å²) < 4.78 is 29.7. The number of methoxy groups -OCH3 is 3. The van der Waals surface area contributed by atoms with Crippen LogP contribution < -0.4 is 34.3 Å². The van der Waals surface area contributed by atoms with E-state index in [1.807, 2.05) is 87.0 Å². The maximum atomic E-state index is 12.3. The molecule has 15 nitrogen and oxygen atoms in total. The van der Waals surface area contributed by atoms with Crippen molar-refractivity contribution in [3.8, 4) is 28.7 Å². The van der Waals surface area contributed by atoms with Gasteiger partial charge in [-0.1, -0.05) is 52.0 Å². The van der Waals surface area contributed by atoms with Crippen molar-refractivity contribution in [1.82, 2.24) is 15.1 Å². The van der Waals surface area contributed by atoms with E-state index in [0.29, 0.717) is 78.1 Å². The van der Waals surface area contributed by atoms with Crippen molar-refractivity contribution < 1.29 is 42.9 Å². The molecule has 69 heavy (non-hydrogen) atoms. The van der Waals surface area contributed by atoms with Gasteiger partial charge in [-0.25, -0.2) is 0 Å². The Hall–Kier alpha value is -7.42. The smallest absolute Gasteiger partial charge is 0.246 e. The second-order valence-electron chi connectivity index (χ2n) is 19.0. The van der Waals surface area contributed by atoms with E-state index in [1.54, 1.807) is 51.5 Å². The lowest BCUT2D eigenvalue weighted by molar-refractivity contribution is -0.120. The number of amides is 3. The number of ether oxygens (including phenoxy) is 5. The van der Waals surface area contributed by atoms with Crippen LogP contribution in [0.15, 0.2) is 95.2 Å². The normalized spacial score (nSPS) is 16.5. The number of aliphatic imine (C=N–C) groups is 2. The molecule has 4 aromatic carbocycles. The Bertz CT molecular complexity index is 2600. The summed E-state index contributed by atoms with van der Waals surface area (Å²) in [5.41, 5.74) is 6.57. The molecule has 2 aliphatic heterocycles. The summed E-state index contributed by atoms with van der Waals surface area (Å²) in [5, 5.41) is 5.25. The number of hydrogen-bond acceptors (Lipinski definition) is 12. The fraction of sp³-hybridized carbons (Fsp3) is 0.370. The summed E-state index contributed by atoms with van der Waals surface area (Å²) in [6.45, 7) is 12.9. The minimum absolute atomic E-state index is 0.0770. The number of carbonyl (C=O) groups is 4. The maximum Gasteiger partial charge on any atom is 0.246 e. The monoisotopic (exact) mass is 940 g/mol. The molecular formula is C54H64N6O9. The largest absolute Gasteiger partial charge is 0.497 e. The highest BCUT2D eigenvalue weighted by Gasteiger charge is 2.32. The molecule has 2 heterocycles. The van der Waals surface area contributed by atoms with Gasteiger partial charge in [0.15, 0.2) is 29.3 Å². The van der Waals surface area contributed by atoms with Gasteiger partial charge < -0.3 is 44.1 Å². The number of aryl methyl sites for hydroxylation is 1. The van der Waals surface area contributed by atoms with Crippen molar-refractivity contribution in [2.24, 2.45) is 20.8 Å². The first-order chi connectivity index (χ1) is 33.0. The van der Waals surface area contributed by atoms with Crippen molar-refractivity contribution in [3.05, 3.63) is 107 Å². The summed E-state index contributed by atoms with van der Waals surface area (Å²) in [6.07, 6.45) is 11.7. The van der Waals surface area contributed by atoms with Gasteiger partial charge in [-0.05, 0) is 102 Å². The Balaban J connectivity index is 1.07. The molecule has 0 fully saturated rings. The number of hydrogen-bond donors (Lipinski definition) is 2. The molecule has 6 rings (SSSR count). The average Bonchev–Trinajstić information content (AvgIpc) is 3.94. The second kappa shape index (κ2) is 22.6. The number of aldehydes is 1. The van der Waals surface area contributed by atoms with E-state index in [2.05, 4.69) is 49.4 Å². The van der Waals surface area contributed by atoms with E-state index in [9.17, 15) is 19.2 Å². The van der Waals surface area contributed by atoms with Crippen LogP contribution in [0.25, 0.3) is 11.1 Å². The molecule has 15 heteroatoms. The standard InChI is InChI=1S/C54H64N6O9/c1-35-19-48(66-9)50(23-46(35)55-26-44-21-40(28-60(44)34-63)38-13-17-45(65-8)18-14-38)68-31-53(3,4)30-54(5,6)32-69-51-24-47(41(29-61)22-49(51)67-10)56-25-43-20-39(27-59(43)7)37-11-15-42(16-12-37)58-52(64)36(2)57-33-62/h11-19,22-29,33-34,36,43-44H,20-21,30-32H2,1-10H3,(H,57,62)(H,58,64). The summed E-state index contributed by atoms with van der Waals surface area (Å²) >= 11 is 0. The highest BCUT2D eigenvalue weighted by atomic mass is 16.5. The first kappa shape index (κ1) is 51.0. The van der Waals surface area contributed by atoms with Gasteiger partial charge in [0.05, 0.1) is 58.0 Å². The van der Waals surface area contributed by atoms with E-state index in [4.69, 9.17) is 33.7 Å². The van der Waals surface area contributed by atoms with Crippen molar-refractivity contribution in [1.29, 1.82) is 0 Å². The fourth-order valence-corrected chi connectivity index (χ4v) is 8.59. The third kappa shape index (κ3) is 13.2. The molecule has 364 valence electrons. The quantitative estimate of drug-likeness (QED) is 0.0540. The van der Waals surface area contributed by atoms with Crippen LogP contribution in [-0.4, -0.2) is 107 Å². The molecule has 2 N–H and O–H groups in total. The topological polar surface area (TPSA) is 170 Å². The van der Waals surface area contributed by atoms with Crippen LogP contribution in [0.4, 0.5) is 17.1 Å². The Kier molecular flexibility index (Phi) is 16.7. The number of carbonyl (C=O) groups excluding carboxylic acids is 4. The van der Waals surface area contributed by atoms with Crippen molar-refractivity contribution in [2.75, 3.05) is 46.9 Å². The zero-order valence-electron chi connectivity index (χ0n) is 41.2. The van der Waals surface area contributed by atoms with Gasteiger partial charge in [-0.3, -0.25) is 29.2 Å². The Morgan fingerprint density at radius 1 is 0.739 bits per heavy atom. The molecule has 3 unspecified atom stereocenters. The van der Waals surface area contributed by atoms with E-state index >= 15 is 0 Å². The maximum absolute atomic E-state index is 12.3. The van der Waals surface area contributed by atoms with Crippen LogP contribution in [0.3, 0.4) is 0 Å². The molecule has 0 aromatic heterocycles.